The smallest absolute Gasteiger partial charge is 0.200 e. The molecular formula is C8H15N2O. The summed E-state index contributed by atoms with van der Waals surface area (Å²) in [7, 11) is 0. The van der Waals surface area contributed by atoms with Gasteiger partial charge in [0.25, 0.3) is 0 Å². The summed E-state index contributed by atoms with van der Waals surface area (Å²) in [6.45, 7) is 6.20. The van der Waals surface area contributed by atoms with Gasteiger partial charge in [0, 0.05) is 32.1 Å². The second kappa shape index (κ2) is 4.46. The van der Waals surface area contributed by atoms with E-state index in [4.69, 9.17) is 0 Å². The Balaban J connectivity index is 2.37. The molecule has 0 spiro atoms. The molecule has 0 aromatic heterocycles. The van der Waals surface area contributed by atoms with Crippen LogP contribution in [0.2, 0.25) is 0 Å². The van der Waals surface area contributed by atoms with Crippen LogP contribution in [0.5, 0.6) is 0 Å². The number of nitrogens with one attached hydrogen (secondary N) is 1. The van der Waals surface area contributed by atoms with Gasteiger partial charge in [-0.3, -0.25) is 9.69 Å². The van der Waals surface area contributed by atoms with Crippen LogP contribution in [0, 0.1) is 0 Å². The molecule has 1 saturated heterocycles. The number of carbonyl (C=O) groups excluding carboxylic acids is 1. The quantitative estimate of drug-likeness (QED) is 0.611. The topological polar surface area (TPSA) is 32.3 Å². The molecule has 3 nitrogen and oxygen atoms in total. The van der Waals surface area contributed by atoms with Gasteiger partial charge in [0.1, 0.15) is 0 Å². The number of nitrogens with zero attached hydrogens (tertiary/aromatic N) is 1. The van der Waals surface area contributed by atoms with Gasteiger partial charge < -0.3 is 5.32 Å². The van der Waals surface area contributed by atoms with Gasteiger partial charge in [0.2, 0.25) is 0 Å². The average Bonchev–Trinajstić information content (AvgIpc) is 2.06. The molecule has 3 heteroatoms. The van der Waals surface area contributed by atoms with Crippen molar-refractivity contribution in [2.75, 3.05) is 26.2 Å². The van der Waals surface area contributed by atoms with Crippen molar-refractivity contribution in [3.63, 3.8) is 0 Å². The van der Waals surface area contributed by atoms with E-state index in [0.29, 0.717) is 12.5 Å². The van der Waals surface area contributed by atoms with Crippen molar-refractivity contribution in [1.82, 2.24) is 10.2 Å². The molecule has 0 amide bonds. The highest BCUT2D eigenvalue weighted by molar-refractivity contribution is 5.51. The van der Waals surface area contributed by atoms with Gasteiger partial charge in [-0.05, 0) is 6.54 Å². The van der Waals surface area contributed by atoms with E-state index in [0.717, 1.165) is 26.2 Å². The Morgan fingerprint density at radius 3 is 3.18 bits per heavy atom. The predicted octanol–water partition coefficient (Wildman–Crippen LogP) is -0.220. The summed E-state index contributed by atoms with van der Waals surface area (Å²) >= 11 is 0. The van der Waals surface area contributed by atoms with E-state index < -0.39 is 0 Å². The Morgan fingerprint density at radius 2 is 2.55 bits per heavy atom. The molecule has 0 aromatic rings. The van der Waals surface area contributed by atoms with Crippen LogP contribution in [-0.4, -0.2) is 43.4 Å². The molecule has 1 rings (SSSR count). The zero-order chi connectivity index (χ0) is 8.10. The minimum atomic E-state index is 0.381. The molecule has 63 valence electrons. The van der Waals surface area contributed by atoms with Crippen molar-refractivity contribution in [2.45, 2.75) is 19.4 Å². The van der Waals surface area contributed by atoms with Crippen molar-refractivity contribution < 1.29 is 4.79 Å². The lowest BCUT2D eigenvalue weighted by Gasteiger charge is -2.34. The molecule has 1 N–H and O–H groups in total. The summed E-state index contributed by atoms with van der Waals surface area (Å²) in [4.78, 5) is 12.5. The number of hydrogen-bond acceptors (Lipinski definition) is 3. The Kier molecular flexibility index (Phi) is 3.52. The van der Waals surface area contributed by atoms with Crippen LogP contribution in [-0.2, 0) is 4.79 Å². The minimum Gasteiger partial charge on any atom is -0.314 e. The third-order valence-electron chi connectivity index (χ3n) is 2.20. The molecule has 1 radical (unpaired) electrons. The fourth-order valence-electron chi connectivity index (χ4n) is 1.52. The van der Waals surface area contributed by atoms with Crippen LogP contribution < -0.4 is 5.32 Å². The van der Waals surface area contributed by atoms with Crippen molar-refractivity contribution in [3.8, 4) is 0 Å². The lowest BCUT2D eigenvalue weighted by molar-refractivity contribution is 0.173. The standard InChI is InChI=1S/C8H15N2O/c1-2-10-5-4-9-7-8(10)3-6-11/h8-9H,2-5,7H2,1H3. The Hall–Kier alpha value is -0.410. The van der Waals surface area contributed by atoms with Crippen molar-refractivity contribution >= 4 is 6.29 Å². The Bertz CT molecular complexity index is 127. The monoisotopic (exact) mass is 155 g/mol. The highest BCUT2D eigenvalue weighted by atomic mass is 16.1. The van der Waals surface area contributed by atoms with Crippen LogP contribution in [0.4, 0.5) is 0 Å². The van der Waals surface area contributed by atoms with E-state index in [1.165, 1.54) is 0 Å². The lowest BCUT2D eigenvalue weighted by atomic mass is 10.1. The maximum Gasteiger partial charge on any atom is 0.200 e. The van der Waals surface area contributed by atoms with E-state index in [-0.39, 0.29) is 0 Å². The van der Waals surface area contributed by atoms with Crippen LogP contribution >= 0.6 is 0 Å². The first-order chi connectivity index (χ1) is 5.38. The van der Waals surface area contributed by atoms with Crippen LogP contribution in [0.25, 0.3) is 0 Å². The molecule has 0 bridgehead atoms. The fourth-order valence-corrected chi connectivity index (χ4v) is 1.52. The van der Waals surface area contributed by atoms with Crippen LogP contribution in [0.1, 0.15) is 13.3 Å². The summed E-state index contributed by atoms with van der Waals surface area (Å²) in [5.74, 6) is 0. The molecule has 0 aromatic carbocycles. The maximum absolute atomic E-state index is 10.2. The van der Waals surface area contributed by atoms with E-state index in [1.54, 1.807) is 0 Å². The van der Waals surface area contributed by atoms with E-state index in [9.17, 15) is 4.79 Å². The third kappa shape index (κ3) is 2.27. The van der Waals surface area contributed by atoms with Gasteiger partial charge in [-0.2, -0.15) is 0 Å². The molecule has 1 heterocycles. The molecule has 1 aliphatic rings. The van der Waals surface area contributed by atoms with E-state index in [2.05, 4.69) is 17.1 Å². The second-order valence-corrected chi connectivity index (χ2v) is 2.83. The van der Waals surface area contributed by atoms with Crippen molar-refractivity contribution in [2.24, 2.45) is 0 Å². The predicted molar refractivity (Wildman–Crippen MR) is 44.2 cm³/mol. The number of piperazine rings is 1. The third-order valence-corrected chi connectivity index (χ3v) is 2.20. The first-order valence-electron chi connectivity index (χ1n) is 4.18. The SMILES string of the molecule is CCN1CCNCC1C[C]=O. The molecule has 0 saturated carbocycles. The molecule has 11 heavy (non-hydrogen) atoms. The zero-order valence-corrected chi connectivity index (χ0v) is 6.97. The van der Waals surface area contributed by atoms with Crippen LogP contribution in [0.15, 0.2) is 0 Å². The second-order valence-electron chi connectivity index (χ2n) is 2.83. The minimum absolute atomic E-state index is 0.381. The first kappa shape index (κ1) is 8.68. The Labute approximate surface area is 67.8 Å². The summed E-state index contributed by atoms with van der Waals surface area (Å²) in [6, 6.07) is 0.381. The molecule has 1 fully saturated rings. The van der Waals surface area contributed by atoms with E-state index in [1.807, 2.05) is 6.29 Å². The van der Waals surface area contributed by atoms with Gasteiger partial charge in [-0.15, -0.1) is 0 Å². The Morgan fingerprint density at radius 1 is 1.73 bits per heavy atom. The van der Waals surface area contributed by atoms with Crippen molar-refractivity contribution in [3.05, 3.63) is 0 Å². The van der Waals surface area contributed by atoms with Gasteiger partial charge in [-0.1, -0.05) is 6.92 Å². The number of rotatable bonds is 3. The lowest BCUT2D eigenvalue weighted by Crippen LogP contribution is -2.51. The molecule has 0 aliphatic carbocycles. The molecule has 1 aliphatic heterocycles. The summed E-state index contributed by atoms with van der Waals surface area (Å²) in [5, 5.41) is 3.26. The van der Waals surface area contributed by atoms with Crippen molar-refractivity contribution in [1.29, 1.82) is 0 Å². The molecule has 1 atom stereocenters. The highest BCUT2D eigenvalue weighted by Gasteiger charge is 2.19. The molecule has 1 unspecified atom stereocenters. The maximum atomic E-state index is 10.2. The fraction of sp³-hybridized carbons (Fsp3) is 0.875. The van der Waals surface area contributed by atoms with Gasteiger partial charge in [0.05, 0.1) is 0 Å². The number of hydrogen-bond donors (Lipinski definition) is 1. The highest BCUT2D eigenvalue weighted by Crippen LogP contribution is 2.04. The van der Waals surface area contributed by atoms with E-state index >= 15 is 0 Å². The number of likely N-dealkylation sites (N-methyl/N-ethyl adjacent to an activating group) is 1. The molecular weight excluding hydrogens is 140 g/mol. The zero-order valence-electron chi connectivity index (χ0n) is 6.97. The van der Waals surface area contributed by atoms with Crippen LogP contribution in [0.3, 0.4) is 0 Å². The summed E-state index contributed by atoms with van der Waals surface area (Å²) < 4.78 is 0. The summed E-state index contributed by atoms with van der Waals surface area (Å²) in [6.07, 6.45) is 2.51. The average molecular weight is 155 g/mol. The van der Waals surface area contributed by atoms with Gasteiger partial charge >= 0.3 is 0 Å². The summed E-state index contributed by atoms with van der Waals surface area (Å²) in [5.41, 5.74) is 0. The van der Waals surface area contributed by atoms with Gasteiger partial charge in [-0.25, -0.2) is 0 Å². The normalized spacial score (nSPS) is 26.8. The first-order valence-corrected chi connectivity index (χ1v) is 4.18. The van der Waals surface area contributed by atoms with Gasteiger partial charge in [0.15, 0.2) is 6.29 Å². The largest absolute Gasteiger partial charge is 0.314 e.